The van der Waals surface area contributed by atoms with Crippen molar-refractivity contribution in [1.29, 1.82) is 0 Å². The molecule has 0 saturated carbocycles. The lowest BCUT2D eigenvalue weighted by Gasteiger charge is -2.16. The van der Waals surface area contributed by atoms with E-state index in [1.807, 2.05) is 18.2 Å². The van der Waals surface area contributed by atoms with E-state index in [0.29, 0.717) is 18.0 Å². The van der Waals surface area contributed by atoms with Gasteiger partial charge in [0, 0.05) is 24.5 Å². The van der Waals surface area contributed by atoms with E-state index >= 15 is 0 Å². The molecule has 0 bridgehead atoms. The average molecular weight is 303 g/mol. The average Bonchev–Trinajstić information content (AvgIpc) is 2.68. The number of hydrogen-bond acceptors (Lipinski definition) is 3. The molecule has 2 N–H and O–H groups in total. The second kappa shape index (κ2) is 5.48. The summed E-state index contributed by atoms with van der Waals surface area (Å²) in [6.45, 7) is 0.656. The van der Waals surface area contributed by atoms with Gasteiger partial charge in [-0.05, 0) is 24.1 Å². The van der Waals surface area contributed by atoms with Crippen LogP contribution in [0.5, 0.6) is 0 Å². The number of primary sulfonamides is 1. The lowest BCUT2D eigenvalue weighted by atomic mass is 10.1. The van der Waals surface area contributed by atoms with Crippen molar-refractivity contribution in [3.63, 3.8) is 0 Å². The molecule has 104 valence electrons. The summed E-state index contributed by atoms with van der Waals surface area (Å²) in [5.74, 6) is -0.166. The van der Waals surface area contributed by atoms with Crippen LogP contribution in [-0.4, -0.2) is 37.6 Å². The Morgan fingerprint density at radius 3 is 2.74 bits per heavy atom. The van der Waals surface area contributed by atoms with Gasteiger partial charge in [0.2, 0.25) is 15.9 Å². The molecule has 1 saturated heterocycles. The summed E-state index contributed by atoms with van der Waals surface area (Å²) in [5, 5.41) is 4.94. The Bertz CT molecular complexity index is 588. The molecule has 1 amide bonds. The van der Waals surface area contributed by atoms with Gasteiger partial charge in [-0.1, -0.05) is 23.7 Å². The van der Waals surface area contributed by atoms with Crippen LogP contribution in [0.1, 0.15) is 12.0 Å². The van der Waals surface area contributed by atoms with Crippen molar-refractivity contribution in [2.45, 2.75) is 18.1 Å². The van der Waals surface area contributed by atoms with Crippen molar-refractivity contribution in [2.24, 2.45) is 5.14 Å². The van der Waals surface area contributed by atoms with Gasteiger partial charge in [-0.2, -0.15) is 0 Å². The molecule has 19 heavy (non-hydrogen) atoms. The van der Waals surface area contributed by atoms with Gasteiger partial charge in [0.15, 0.2) is 0 Å². The molecule has 0 aromatic heterocycles. The number of hydrogen-bond donors (Lipinski definition) is 1. The first-order valence-electron chi connectivity index (χ1n) is 5.90. The maximum Gasteiger partial charge on any atom is 0.224 e. The summed E-state index contributed by atoms with van der Waals surface area (Å²) in [6, 6.07) is 7.38. The Hall–Kier alpha value is -1.11. The van der Waals surface area contributed by atoms with Crippen LogP contribution < -0.4 is 5.14 Å². The number of nitrogens with zero attached hydrogens (tertiary/aromatic N) is 1. The van der Waals surface area contributed by atoms with Crippen LogP contribution in [0.3, 0.4) is 0 Å². The Balaban J connectivity index is 1.96. The topological polar surface area (TPSA) is 80.5 Å². The molecule has 1 aromatic rings. The fourth-order valence-electron chi connectivity index (χ4n) is 2.13. The third-order valence-corrected chi connectivity index (χ3v) is 4.68. The minimum absolute atomic E-state index is 0.0195. The molecule has 1 aliphatic rings. The van der Waals surface area contributed by atoms with Crippen LogP contribution in [0.2, 0.25) is 5.02 Å². The quantitative estimate of drug-likeness (QED) is 0.892. The Kier molecular flexibility index (Phi) is 4.13. The Morgan fingerprint density at radius 1 is 1.42 bits per heavy atom. The van der Waals surface area contributed by atoms with Crippen LogP contribution in [0.15, 0.2) is 24.3 Å². The molecule has 1 aromatic carbocycles. The van der Waals surface area contributed by atoms with Crippen LogP contribution >= 0.6 is 11.6 Å². The minimum Gasteiger partial charge on any atom is -0.341 e. The maximum absolute atomic E-state index is 11.7. The van der Waals surface area contributed by atoms with Gasteiger partial charge < -0.3 is 4.90 Å². The molecular formula is C12H15ClN2O3S. The Morgan fingerprint density at radius 2 is 2.16 bits per heavy atom. The molecule has 0 radical (unpaired) electrons. The maximum atomic E-state index is 11.7. The van der Waals surface area contributed by atoms with Crippen molar-refractivity contribution >= 4 is 27.5 Å². The number of rotatable bonds is 4. The van der Waals surface area contributed by atoms with Crippen LogP contribution in [0, 0.1) is 0 Å². The highest BCUT2D eigenvalue weighted by Crippen LogP contribution is 2.18. The summed E-state index contributed by atoms with van der Waals surface area (Å²) in [5.41, 5.74) is 1.01. The predicted molar refractivity (Wildman–Crippen MR) is 73.2 cm³/mol. The molecule has 1 heterocycles. The normalized spacial score (nSPS) is 20.0. The van der Waals surface area contributed by atoms with Crippen molar-refractivity contribution in [3.8, 4) is 0 Å². The van der Waals surface area contributed by atoms with E-state index in [2.05, 4.69) is 0 Å². The number of amides is 1. The second-order valence-electron chi connectivity index (χ2n) is 4.63. The fourth-order valence-corrected chi connectivity index (χ4v) is 3.10. The monoisotopic (exact) mass is 302 g/mol. The van der Waals surface area contributed by atoms with E-state index in [9.17, 15) is 13.2 Å². The van der Waals surface area contributed by atoms with E-state index in [-0.39, 0.29) is 18.9 Å². The highest BCUT2D eigenvalue weighted by Gasteiger charge is 2.35. The summed E-state index contributed by atoms with van der Waals surface area (Å²) >= 11 is 5.88. The Labute approximate surface area is 117 Å². The van der Waals surface area contributed by atoms with E-state index < -0.39 is 15.3 Å². The summed E-state index contributed by atoms with van der Waals surface area (Å²) in [6.07, 6.45) is 0.623. The first-order chi connectivity index (χ1) is 8.86. The fraction of sp³-hybridized carbons (Fsp3) is 0.417. The number of nitrogens with two attached hydrogens (primary N) is 1. The van der Waals surface area contributed by atoms with Gasteiger partial charge in [-0.25, -0.2) is 13.6 Å². The van der Waals surface area contributed by atoms with Gasteiger partial charge in [-0.15, -0.1) is 0 Å². The van der Waals surface area contributed by atoms with Gasteiger partial charge >= 0.3 is 0 Å². The highest BCUT2D eigenvalue weighted by molar-refractivity contribution is 7.89. The molecular weight excluding hydrogens is 288 g/mol. The molecule has 1 fully saturated rings. The van der Waals surface area contributed by atoms with Gasteiger partial charge in [0.1, 0.15) is 5.25 Å². The van der Waals surface area contributed by atoms with Crippen molar-refractivity contribution in [3.05, 3.63) is 34.9 Å². The number of carbonyl (C=O) groups excluding carboxylic acids is 1. The van der Waals surface area contributed by atoms with E-state index in [1.54, 1.807) is 6.07 Å². The van der Waals surface area contributed by atoms with Gasteiger partial charge in [-0.3, -0.25) is 4.79 Å². The summed E-state index contributed by atoms with van der Waals surface area (Å²) in [4.78, 5) is 13.2. The molecule has 0 spiro atoms. The molecule has 2 rings (SSSR count). The van der Waals surface area contributed by atoms with E-state index in [4.69, 9.17) is 16.7 Å². The molecule has 7 heteroatoms. The standard InChI is InChI=1S/C12H15ClN2O3S/c13-10-3-1-2-9(6-10)4-5-15-8-11(7-12(15)16)19(14,17)18/h1-3,6,11H,4-5,7-8H2,(H2,14,17,18). The number of sulfonamides is 1. The molecule has 1 aliphatic heterocycles. The second-order valence-corrected chi connectivity index (χ2v) is 6.92. The van der Waals surface area contributed by atoms with E-state index in [1.165, 1.54) is 4.90 Å². The molecule has 0 aliphatic carbocycles. The zero-order valence-electron chi connectivity index (χ0n) is 10.3. The molecule has 1 atom stereocenters. The zero-order chi connectivity index (χ0) is 14.0. The van der Waals surface area contributed by atoms with Crippen LogP contribution in [0.25, 0.3) is 0 Å². The van der Waals surface area contributed by atoms with Crippen LogP contribution in [0.4, 0.5) is 0 Å². The number of halogens is 1. The first kappa shape index (κ1) is 14.3. The SMILES string of the molecule is NS(=O)(=O)C1CC(=O)N(CCc2cccc(Cl)c2)C1. The van der Waals surface area contributed by atoms with Crippen molar-refractivity contribution in [1.82, 2.24) is 4.90 Å². The first-order valence-corrected chi connectivity index (χ1v) is 7.89. The minimum atomic E-state index is -3.64. The van der Waals surface area contributed by atoms with Crippen molar-refractivity contribution < 1.29 is 13.2 Å². The lowest BCUT2D eigenvalue weighted by Crippen LogP contribution is -2.33. The van der Waals surface area contributed by atoms with Gasteiger partial charge in [0.05, 0.1) is 0 Å². The number of likely N-dealkylation sites (tertiary alicyclic amines) is 1. The number of benzene rings is 1. The predicted octanol–water partition coefficient (Wildman–Crippen LogP) is 0.772. The summed E-state index contributed by atoms with van der Waals surface area (Å²) in [7, 11) is -3.64. The molecule has 1 unspecified atom stereocenters. The highest BCUT2D eigenvalue weighted by atomic mass is 35.5. The van der Waals surface area contributed by atoms with Crippen molar-refractivity contribution in [2.75, 3.05) is 13.1 Å². The third kappa shape index (κ3) is 3.68. The van der Waals surface area contributed by atoms with E-state index in [0.717, 1.165) is 5.56 Å². The summed E-state index contributed by atoms with van der Waals surface area (Å²) < 4.78 is 22.4. The smallest absolute Gasteiger partial charge is 0.224 e. The number of carbonyl (C=O) groups is 1. The van der Waals surface area contributed by atoms with Crippen LogP contribution in [-0.2, 0) is 21.2 Å². The molecule has 5 nitrogen and oxygen atoms in total. The van der Waals surface area contributed by atoms with Gasteiger partial charge in [0.25, 0.3) is 0 Å². The largest absolute Gasteiger partial charge is 0.341 e. The third-order valence-electron chi connectivity index (χ3n) is 3.20. The lowest BCUT2D eigenvalue weighted by molar-refractivity contribution is -0.127. The zero-order valence-corrected chi connectivity index (χ0v) is 11.8.